The number of anilines is 6. The monoisotopic (exact) mass is 543 g/mol. The van der Waals surface area contributed by atoms with E-state index in [4.69, 9.17) is 0 Å². The van der Waals surface area contributed by atoms with Crippen molar-refractivity contribution in [2.45, 2.75) is 18.7 Å². The lowest BCUT2D eigenvalue weighted by atomic mass is 10.2. The molecular weight excluding hydrogens is 510 g/mol. The third-order valence-corrected chi connectivity index (χ3v) is 8.14. The van der Waals surface area contributed by atoms with E-state index in [9.17, 15) is 8.42 Å². The first-order valence-electron chi connectivity index (χ1n) is 12.9. The topological polar surface area (TPSA) is 102 Å². The fourth-order valence-corrected chi connectivity index (χ4v) is 5.47. The summed E-state index contributed by atoms with van der Waals surface area (Å²) in [6.07, 6.45) is 1.75. The normalized spacial score (nSPS) is 14.2. The van der Waals surface area contributed by atoms with Crippen LogP contribution >= 0.6 is 0 Å². The van der Waals surface area contributed by atoms with Gasteiger partial charge in [0.15, 0.2) is 0 Å². The third-order valence-electron chi connectivity index (χ3n) is 6.76. The molecule has 9 nitrogen and oxygen atoms in total. The SMILES string of the molecule is Cc1ccc(Nc2nc(Nc3ccc(N4CCN(C)CC4)cc3)ncc2C)cc1NS(=O)(=O)c1ccccc1. The van der Waals surface area contributed by atoms with Crippen LogP contribution in [0, 0.1) is 13.8 Å². The standard InChI is InChI=1S/C29H33N7O2S/c1-21-9-10-24(19-27(21)34-39(37,38)26-7-5-4-6-8-26)31-28-22(2)20-30-29(33-28)32-23-11-13-25(14-12-23)36-17-15-35(3)16-18-36/h4-14,19-20,34H,15-18H2,1-3H3,(H2,30,31,32,33). The minimum atomic E-state index is -3.71. The molecule has 2 heterocycles. The molecule has 0 radical (unpaired) electrons. The first kappa shape index (κ1) is 26.5. The molecule has 1 aliphatic rings. The lowest BCUT2D eigenvalue weighted by Crippen LogP contribution is -2.44. The summed E-state index contributed by atoms with van der Waals surface area (Å²) in [7, 11) is -1.55. The Morgan fingerprint density at radius 2 is 1.49 bits per heavy atom. The Kier molecular flexibility index (Phi) is 7.67. The summed E-state index contributed by atoms with van der Waals surface area (Å²) in [4.78, 5) is 14.1. The van der Waals surface area contributed by atoms with Gasteiger partial charge in [-0.3, -0.25) is 4.72 Å². The van der Waals surface area contributed by atoms with Crippen molar-refractivity contribution in [3.63, 3.8) is 0 Å². The number of piperazine rings is 1. The Balaban J connectivity index is 1.29. The van der Waals surface area contributed by atoms with Crippen LogP contribution in [0.3, 0.4) is 0 Å². The van der Waals surface area contributed by atoms with Crippen LogP contribution in [0.4, 0.5) is 34.5 Å². The molecule has 1 aromatic heterocycles. The summed E-state index contributed by atoms with van der Waals surface area (Å²) >= 11 is 0. The molecule has 3 aromatic carbocycles. The fourth-order valence-electron chi connectivity index (χ4n) is 4.33. The maximum Gasteiger partial charge on any atom is 0.261 e. The van der Waals surface area contributed by atoms with Gasteiger partial charge in [0.25, 0.3) is 10.0 Å². The van der Waals surface area contributed by atoms with Crippen molar-refractivity contribution in [1.29, 1.82) is 0 Å². The summed E-state index contributed by atoms with van der Waals surface area (Å²) in [5.74, 6) is 1.09. The van der Waals surface area contributed by atoms with Crippen LogP contribution in [0.15, 0.2) is 83.9 Å². The van der Waals surface area contributed by atoms with E-state index in [2.05, 4.69) is 54.3 Å². The number of hydrogen-bond acceptors (Lipinski definition) is 8. The highest BCUT2D eigenvalue weighted by Gasteiger charge is 2.16. The van der Waals surface area contributed by atoms with Crippen molar-refractivity contribution in [2.75, 3.05) is 53.5 Å². The number of hydrogen-bond donors (Lipinski definition) is 3. The van der Waals surface area contributed by atoms with Crippen molar-refractivity contribution >= 4 is 44.5 Å². The second kappa shape index (κ2) is 11.3. The molecule has 0 aliphatic carbocycles. The maximum absolute atomic E-state index is 12.9. The zero-order chi connectivity index (χ0) is 27.4. The van der Waals surface area contributed by atoms with E-state index >= 15 is 0 Å². The Morgan fingerprint density at radius 1 is 0.795 bits per heavy atom. The molecule has 0 amide bonds. The molecule has 1 saturated heterocycles. The van der Waals surface area contributed by atoms with Crippen LogP contribution < -0.4 is 20.3 Å². The van der Waals surface area contributed by atoms with Gasteiger partial charge in [-0.25, -0.2) is 13.4 Å². The highest BCUT2D eigenvalue weighted by molar-refractivity contribution is 7.92. The highest BCUT2D eigenvalue weighted by atomic mass is 32.2. The average molecular weight is 544 g/mol. The molecule has 1 fully saturated rings. The molecule has 39 heavy (non-hydrogen) atoms. The number of aromatic nitrogens is 2. The van der Waals surface area contributed by atoms with Crippen LogP contribution in [0.2, 0.25) is 0 Å². The number of benzene rings is 3. The van der Waals surface area contributed by atoms with Gasteiger partial charge < -0.3 is 20.4 Å². The molecule has 5 rings (SSSR count). The lowest BCUT2D eigenvalue weighted by molar-refractivity contribution is 0.313. The fraction of sp³-hybridized carbons (Fsp3) is 0.241. The predicted molar refractivity (Wildman–Crippen MR) is 158 cm³/mol. The second-order valence-electron chi connectivity index (χ2n) is 9.76. The minimum absolute atomic E-state index is 0.210. The molecule has 0 atom stereocenters. The van der Waals surface area contributed by atoms with Crippen molar-refractivity contribution in [1.82, 2.24) is 14.9 Å². The number of nitrogens with one attached hydrogen (secondary N) is 3. The second-order valence-corrected chi connectivity index (χ2v) is 11.4. The van der Waals surface area contributed by atoms with E-state index in [1.807, 2.05) is 38.1 Å². The molecular formula is C29H33N7O2S. The van der Waals surface area contributed by atoms with Gasteiger partial charge in [0.2, 0.25) is 5.95 Å². The molecule has 0 unspecified atom stereocenters. The quantitative estimate of drug-likeness (QED) is 0.281. The summed E-state index contributed by atoms with van der Waals surface area (Å²) in [5.41, 5.74) is 4.97. The third kappa shape index (κ3) is 6.47. The van der Waals surface area contributed by atoms with Crippen LogP contribution in [0.5, 0.6) is 0 Å². The van der Waals surface area contributed by atoms with Crippen LogP contribution in [-0.4, -0.2) is 56.5 Å². The van der Waals surface area contributed by atoms with Gasteiger partial charge in [-0.2, -0.15) is 4.98 Å². The molecule has 0 saturated carbocycles. The number of nitrogens with zero attached hydrogens (tertiary/aromatic N) is 4. The summed E-state index contributed by atoms with van der Waals surface area (Å²) in [5, 5.41) is 6.59. The van der Waals surface area contributed by atoms with E-state index in [1.165, 1.54) is 5.69 Å². The number of rotatable bonds is 8. The highest BCUT2D eigenvalue weighted by Crippen LogP contribution is 2.27. The molecule has 4 aromatic rings. The Morgan fingerprint density at radius 3 is 2.21 bits per heavy atom. The van der Waals surface area contributed by atoms with E-state index in [0.29, 0.717) is 23.1 Å². The van der Waals surface area contributed by atoms with Gasteiger partial charge in [-0.1, -0.05) is 24.3 Å². The lowest BCUT2D eigenvalue weighted by Gasteiger charge is -2.34. The van der Waals surface area contributed by atoms with Crippen molar-refractivity contribution in [3.05, 3.63) is 90.1 Å². The summed E-state index contributed by atoms with van der Waals surface area (Å²) < 4.78 is 28.4. The maximum atomic E-state index is 12.9. The van der Waals surface area contributed by atoms with Crippen molar-refractivity contribution in [2.24, 2.45) is 0 Å². The van der Waals surface area contributed by atoms with Crippen molar-refractivity contribution < 1.29 is 8.42 Å². The van der Waals surface area contributed by atoms with Gasteiger partial charge in [0, 0.05) is 55.0 Å². The Hall–Kier alpha value is -4.15. The Bertz CT molecular complexity index is 1540. The van der Waals surface area contributed by atoms with Crippen molar-refractivity contribution in [3.8, 4) is 0 Å². The molecule has 0 bridgehead atoms. The van der Waals surface area contributed by atoms with Gasteiger partial charge >= 0.3 is 0 Å². The van der Waals surface area contributed by atoms with E-state index in [1.54, 1.807) is 42.6 Å². The molecule has 1 aliphatic heterocycles. The van der Waals surface area contributed by atoms with Gasteiger partial charge in [0.1, 0.15) is 5.82 Å². The van der Waals surface area contributed by atoms with Gasteiger partial charge in [0.05, 0.1) is 10.6 Å². The number of aryl methyl sites for hydroxylation is 2. The smallest absolute Gasteiger partial charge is 0.261 e. The largest absolute Gasteiger partial charge is 0.369 e. The summed E-state index contributed by atoms with van der Waals surface area (Å²) in [6, 6.07) is 22.1. The Labute approximate surface area is 230 Å². The van der Waals surface area contributed by atoms with Crippen LogP contribution in [0.1, 0.15) is 11.1 Å². The molecule has 3 N–H and O–H groups in total. The number of likely N-dealkylation sites (N-methyl/N-ethyl adjacent to an activating group) is 1. The average Bonchev–Trinajstić information content (AvgIpc) is 2.94. The summed E-state index contributed by atoms with van der Waals surface area (Å²) in [6.45, 7) is 7.95. The van der Waals surface area contributed by atoms with Gasteiger partial charge in [-0.05, 0) is 75.0 Å². The van der Waals surface area contributed by atoms with E-state index in [0.717, 1.165) is 43.0 Å². The minimum Gasteiger partial charge on any atom is -0.369 e. The number of sulfonamides is 1. The van der Waals surface area contributed by atoms with Crippen LogP contribution in [0.25, 0.3) is 0 Å². The predicted octanol–water partition coefficient (Wildman–Crippen LogP) is 5.13. The van der Waals surface area contributed by atoms with E-state index < -0.39 is 10.0 Å². The first-order valence-corrected chi connectivity index (χ1v) is 14.3. The molecule has 202 valence electrons. The molecule has 0 spiro atoms. The zero-order valence-corrected chi connectivity index (χ0v) is 23.2. The zero-order valence-electron chi connectivity index (χ0n) is 22.3. The first-order chi connectivity index (χ1) is 18.8. The molecule has 10 heteroatoms. The van der Waals surface area contributed by atoms with E-state index in [-0.39, 0.29) is 4.90 Å². The van der Waals surface area contributed by atoms with Gasteiger partial charge in [-0.15, -0.1) is 0 Å². The van der Waals surface area contributed by atoms with Crippen LogP contribution in [-0.2, 0) is 10.0 Å².